The third kappa shape index (κ3) is 0.552. The van der Waals surface area contributed by atoms with Gasteiger partial charge in [0.05, 0.1) is 5.02 Å². The standard InChI is InChI=1S/C5H2ClNO2S/c6-3-1-2-7-5-4(3)10(5,8)9/h1-2H. The van der Waals surface area contributed by atoms with E-state index in [2.05, 4.69) is 4.98 Å². The second kappa shape index (κ2) is 1.52. The highest BCUT2D eigenvalue weighted by molar-refractivity contribution is 7.97. The monoisotopic (exact) mass is 175 g/mol. The average molecular weight is 176 g/mol. The van der Waals surface area contributed by atoms with Crippen LogP contribution in [0, 0.1) is 0 Å². The molecular formula is C5H2ClNO2S. The van der Waals surface area contributed by atoms with E-state index in [0.717, 1.165) is 0 Å². The largest absolute Gasteiger partial charge is 0.243 e. The molecule has 1 aliphatic heterocycles. The molecule has 10 heavy (non-hydrogen) atoms. The maximum Gasteiger partial charge on any atom is 0.229 e. The summed E-state index contributed by atoms with van der Waals surface area (Å²) >= 11 is 5.53. The maximum atomic E-state index is 10.8. The first-order valence-electron chi connectivity index (χ1n) is 2.53. The lowest BCUT2D eigenvalue weighted by atomic mass is 10.5. The molecule has 0 bridgehead atoms. The summed E-state index contributed by atoms with van der Waals surface area (Å²) in [7, 11) is -3.15. The molecule has 0 saturated carbocycles. The van der Waals surface area contributed by atoms with E-state index in [1.807, 2.05) is 0 Å². The lowest BCUT2D eigenvalue weighted by Gasteiger charge is -1.75. The summed E-state index contributed by atoms with van der Waals surface area (Å²) in [6.07, 6.45) is 1.38. The minimum absolute atomic E-state index is 0.125. The van der Waals surface area contributed by atoms with Crippen LogP contribution in [0.2, 0.25) is 5.02 Å². The van der Waals surface area contributed by atoms with Gasteiger partial charge in [0.1, 0.15) is 4.90 Å². The predicted molar refractivity (Wildman–Crippen MR) is 34.7 cm³/mol. The van der Waals surface area contributed by atoms with Crippen molar-refractivity contribution in [2.75, 3.05) is 0 Å². The van der Waals surface area contributed by atoms with Gasteiger partial charge in [0.25, 0.3) is 0 Å². The molecule has 0 aliphatic carbocycles. The van der Waals surface area contributed by atoms with Crippen LogP contribution >= 0.6 is 11.6 Å². The summed E-state index contributed by atoms with van der Waals surface area (Å²) < 4.78 is 21.6. The molecule has 3 nitrogen and oxygen atoms in total. The molecule has 0 spiro atoms. The van der Waals surface area contributed by atoms with Crippen molar-refractivity contribution in [3.63, 3.8) is 0 Å². The third-order valence-electron chi connectivity index (χ3n) is 1.31. The zero-order chi connectivity index (χ0) is 7.35. The number of halogens is 1. The summed E-state index contributed by atoms with van der Waals surface area (Å²) in [6, 6.07) is 1.46. The smallest absolute Gasteiger partial charge is 0.229 e. The molecule has 0 radical (unpaired) electrons. The van der Waals surface area contributed by atoms with Crippen LogP contribution in [-0.2, 0) is 9.84 Å². The molecule has 0 N–H and O–H groups in total. The zero-order valence-electron chi connectivity index (χ0n) is 4.70. The molecule has 1 aromatic heterocycles. The third-order valence-corrected chi connectivity index (χ3v) is 3.30. The first-order chi connectivity index (χ1) is 4.64. The van der Waals surface area contributed by atoms with E-state index in [0.29, 0.717) is 0 Å². The van der Waals surface area contributed by atoms with Crippen LogP contribution in [-0.4, -0.2) is 13.4 Å². The normalized spacial score (nSPS) is 18.1. The van der Waals surface area contributed by atoms with Crippen LogP contribution in [0.25, 0.3) is 0 Å². The van der Waals surface area contributed by atoms with E-state index in [1.165, 1.54) is 12.3 Å². The topological polar surface area (TPSA) is 47.0 Å². The van der Waals surface area contributed by atoms with Crippen LogP contribution in [0.15, 0.2) is 22.2 Å². The van der Waals surface area contributed by atoms with Crippen molar-refractivity contribution in [2.24, 2.45) is 0 Å². The summed E-state index contributed by atoms with van der Waals surface area (Å²) in [4.78, 5) is 3.80. The number of pyridine rings is 1. The highest BCUT2D eigenvalue weighted by atomic mass is 35.5. The van der Waals surface area contributed by atoms with Gasteiger partial charge in [0, 0.05) is 6.20 Å². The van der Waals surface area contributed by atoms with Gasteiger partial charge in [0.2, 0.25) is 9.84 Å². The summed E-state index contributed by atoms with van der Waals surface area (Å²) in [6.45, 7) is 0. The predicted octanol–water partition coefficient (Wildman–Crippen LogP) is 0.881. The number of aromatic nitrogens is 1. The summed E-state index contributed by atoms with van der Waals surface area (Å²) in [5.41, 5.74) is 0. The molecule has 0 fully saturated rings. The van der Waals surface area contributed by atoms with E-state index < -0.39 is 9.84 Å². The van der Waals surface area contributed by atoms with Crippen LogP contribution in [0.5, 0.6) is 0 Å². The number of sulfone groups is 1. The molecule has 1 aromatic rings. The molecule has 5 heteroatoms. The highest BCUT2D eigenvalue weighted by Gasteiger charge is 2.43. The second-order valence-electron chi connectivity index (χ2n) is 1.93. The Hall–Kier alpha value is -0.610. The van der Waals surface area contributed by atoms with Crippen molar-refractivity contribution >= 4 is 21.4 Å². The minimum atomic E-state index is -3.15. The molecular weight excluding hydrogens is 174 g/mol. The highest BCUT2D eigenvalue weighted by Crippen LogP contribution is 2.42. The number of hydrogen-bond acceptors (Lipinski definition) is 3. The lowest BCUT2D eigenvalue weighted by Crippen LogP contribution is -1.69. The Labute approximate surface area is 62.6 Å². The second-order valence-corrected chi connectivity index (χ2v) is 4.14. The molecule has 0 atom stereocenters. The van der Waals surface area contributed by atoms with Gasteiger partial charge in [-0.1, -0.05) is 11.6 Å². The van der Waals surface area contributed by atoms with Crippen molar-refractivity contribution in [2.45, 2.75) is 9.92 Å². The van der Waals surface area contributed by atoms with E-state index in [-0.39, 0.29) is 14.9 Å². The summed E-state index contributed by atoms with van der Waals surface area (Å²) in [5.74, 6) is 0. The van der Waals surface area contributed by atoms with Gasteiger partial charge in [-0.05, 0) is 6.07 Å². The average Bonchev–Trinajstić information content (AvgIpc) is 2.38. The Morgan fingerprint density at radius 2 is 2.20 bits per heavy atom. The van der Waals surface area contributed by atoms with Crippen LogP contribution in [0.1, 0.15) is 0 Å². The Morgan fingerprint density at radius 3 is 2.70 bits per heavy atom. The number of fused-ring (bicyclic) bond motifs is 1. The van der Waals surface area contributed by atoms with Gasteiger partial charge >= 0.3 is 0 Å². The number of nitrogens with zero attached hydrogens (tertiary/aromatic N) is 1. The van der Waals surface area contributed by atoms with Gasteiger partial charge in [-0.15, -0.1) is 0 Å². The first kappa shape index (κ1) is 6.12. The van der Waals surface area contributed by atoms with Crippen LogP contribution in [0.4, 0.5) is 0 Å². The Balaban J connectivity index is 2.86. The Kier molecular flexibility index (Phi) is 0.928. The van der Waals surface area contributed by atoms with Crippen molar-refractivity contribution in [3.05, 3.63) is 17.3 Å². The van der Waals surface area contributed by atoms with Crippen molar-refractivity contribution in [1.29, 1.82) is 0 Å². The fourth-order valence-corrected chi connectivity index (χ4v) is 2.55. The molecule has 0 amide bonds. The molecule has 0 unspecified atom stereocenters. The Bertz CT molecular complexity index is 398. The minimum Gasteiger partial charge on any atom is -0.243 e. The molecule has 1 aliphatic rings. The zero-order valence-corrected chi connectivity index (χ0v) is 6.28. The van der Waals surface area contributed by atoms with Gasteiger partial charge < -0.3 is 0 Å². The molecule has 2 rings (SSSR count). The molecule has 0 aromatic carbocycles. The first-order valence-corrected chi connectivity index (χ1v) is 4.40. The van der Waals surface area contributed by atoms with Crippen molar-refractivity contribution in [1.82, 2.24) is 4.98 Å². The number of hydrogen-bond donors (Lipinski definition) is 0. The van der Waals surface area contributed by atoms with Crippen LogP contribution in [0.3, 0.4) is 0 Å². The van der Waals surface area contributed by atoms with E-state index >= 15 is 0 Å². The van der Waals surface area contributed by atoms with Crippen molar-refractivity contribution in [3.8, 4) is 0 Å². The lowest BCUT2D eigenvalue weighted by molar-refractivity contribution is 0.611. The molecule has 52 valence electrons. The van der Waals surface area contributed by atoms with Crippen molar-refractivity contribution < 1.29 is 8.42 Å². The van der Waals surface area contributed by atoms with E-state index in [4.69, 9.17) is 11.6 Å². The quantitative estimate of drug-likeness (QED) is 0.559. The molecule has 2 heterocycles. The number of rotatable bonds is 0. The maximum absolute atomic E-state index is 10.8. The summed E-state index contributed by atoms with van der Waals surface area (Å²) in [5, 5.41) is 0.394. The fourth-order valence-electron chi connectivity index (χ4n) is 0.789. The van der Waals surface area contributed by atoms with Gasteiger partial charge in [-0.3, -0.25) is 0 Å². The van der Waals surface area contributed by atoms with E-state index in [1.54, 1.807) is 0 Å². The Morgan fingerprint density at radius 1 is 1.50 bits per heavy atom. The van der Waals surface area contributed by atoms with Crippen LogP contribution < -0.4 is 0 Å². The SMILES string of the molecule is O=S1(=O)c2nccc(Cl)c21. The van der Waals surface area contributed by atoms with Gasteiger partial charge in [0.15, 0.2) is 5.03 Å². The van der Waals surface area contributed by atoms with Gasteiger partial charge in [-0.25, -0.2) is 13.4 Å². The van der Waals surface area contributed by atoms with E-state index in [9.17, 15) is 8.42 Å². The molecule has 0 saturated heterocycles. The van der Waals surface area contributed by atoms with Gasteiger partial charge in [-0.2, -0.15) is 0 Å². The fraction of sp³-hybridized carbons (Fsp3) is 0.